The number of anilines is 1. The minimum atomic E-state index is -0.830. The first kappa shape index (κ1) is 29.2. The summed E-state index contributed by atoms with van der Waals surface area (Å²) in [4.78, 5) is 21.4. The number of likely N-dealkylation sites (tertiary alicyclic amines) is 1. The summed E-state index contributed by atoms with van der Waals surface area (Å²) in [7, 11) is 0. The van der Waals surface area contributed by atoms with E-state index in [9.17, 15) is 9.90 Å². The van der Waals surface area contributed by atoms with Crippen LogP contribution in [0.15, 0.2) is 24.5 Å². The van der Waals surface area contributed by atoms with Gasteiger partial charge in [0.1, 0.15) is 11.9 Å². The number of carbonyl (C=O) groups is 1. The number of carboxylic acid groups (broad SMARTS) is 1. The zero-order chi connectivity index (χ0) is 26.8. The second kappa shape index (κ2) is 14.0. The van der Waals surface area contributed by atoms with Gasteiger partial charge in [0.25, 0.3) is 0 Å². The Morgan fingerprint density at radius 2 is 2.08 bits per heavy atom. The molecule has 3 rings (SSSR count). The number of nitrogens with one attached hydrogen (secondary N) is 2. The molecular weight excluding hydrogens is 466 g/mol. The molecule has 3 N–H and O–H groups in total. The largest absolute Gasteiger partial charge is 0.480 e. The van der Waals surface area contributed by atoms with Crippen LogP contribution >= 0.6 is 0 Å². The number of fused-ring (bicyclic) bond motifs is 1. The molecule has 1 aromatic rings. The molecule has 1 atom stereocenters. The van der Waals surface area contributed by atoms with E-state index in [0.29, 0.717) is 19.6 Å². The Labute approximate surface area is 223 Å². The Morgan fingerprint density at radius 1 is 1.27 bits per heavy atom. The van der Waals surface area contributed by atoms with Crippen LogP contribution in [0.5, 0.6) is 0 Å². The maximum Gasteiger partial charge on any atom is 0.326 e. The lowest BCUT2D eigenvalue weighted by Crippen LogP contribution is -2.47. The third kappa shape index (κ3) is 9.18. The van der Waals surface area contributed by atoms with Crippen LogP contribution in [0.25, 0.3) is 0 Å². The van der Waals surface area contributed by atoms with Crippen LogP contribution in [0.4, 0.5) is 5.82 Å². The molecule has 1 saturated heterocycles. The van der Waals surface area contributed by atoms with Crippen LogP contribution in [0.3, 0.4) is 0 Å². The zero-order valence-electron chi connectivity index (χ0n) is 23.5. The predicted molar refractivity (Wildman–Crippen MR) is 150 cm³/mol. The quantitative estimate of drug-likeness (QED) is 0.281. The van der Waals surface area contributed by atoms with Gasteiger partial charge in [-0.3, -0.25) is 0 Å². The highest BCUT2D eigenvalue weighted by Gasteiger charge is 2.34. The van der Waals surface area contributed by atoms with E-state index in [1.165, 1.54) is 12.0 Å². The van der Waals surface area contributed by atoms with Crippen LogP contribution in [0.2, 0.25) is 0 Å². The highest BCUT2D eigenvalue weighted by atomic mass is 16.5. The number of rotatable bonds is 16. The van der Waals surface area contributed by atoms with E-state index in [2.05, 4.69) is 53.0 Å². The molecule has 0 spiro atoms. The van der Waals surface area contributed by atoms with Crippen molar-refractivity contribution < 1.29 is 14.6 Å². The molecule has 2 aliphatic heterocycles. The number of aromatic nitrogens is 1. The Bertz CT molecular complexity index is 888. The van der Waals surface area contributed by atoms with Gasteiger partial charge < -0.3 is 30.3 Å². The van der Waals surface area contributed by atoms with Gasteiger partial charge in [-0.05, 0) is 97.2 Å². The second-order valence-corrected chi connectivity index (χ2v) is 11.4. The summed E-state index contributed by atoms with van der Waals surface area (Å²) in [5, 5.41) is 16.5. The lowest BCUT2D eigenvalue weighted by molar-refractivity contribution is -0.139. The molecule has 0 saturated carbocycles. The summed E-state index contributed by atoms with van der Waals surface area (Å²) in [5.41, 5.74) is 2.47. The van der Waals surface area contributed by atoms with Gasteiger partial charge in [-0.25, -0.2) is 9.78 Å². The van der Waals surface area contributed by atoms with Crippen LogP contribution in [0.1, 0.15) is 77.5 Å². The number of pyridine rings is 1. The van der Waals surface area contributed by atoms with Gasteiger partial charge in [0.15, 0.2) is 0 Å². The maximum atomic E-state index is 12.1. The first-order valence-corrected chi connectivity index (χ1v) is 14.2. The van der Waals surface area contributed by atoms with Crippen molar-refractivity contribution >= 4 is 11.8 Å². The molecule has 1 unspecified atom stereocenters. The molecule has 0 bridgehead atoms. The third-order valence-corrected chi connectivity index (χ3v) is 7.57. The topological polar surface area (TPSA) is 90.0 Å². The zero-order valence-corrected chi connectivity index (χ0v) is 23.5. The molecule has 208 valence electrons. The molecule has 2 aliphatic rings. The monoisotopic (exact) mass is 515 g/mol. The van der Waals surface area contributed by atoms with Crippen LogP contribution in [-0.4, -0.2) is 82.9 Å². The summed E-state index contributed by atoms with van der Waals surface area (Å²) < 4.78 is 5.80. The maximum absolute atomic E-state index is 12.1. The predicted octanol–water partition coefficient (Wildman–Crippen LogP) is 4.27. The molecule has 0 aliphatic carbocycles. The fourth-order valence-corrected chi connectivity index (χ4v) is 5.36. The van der Waals surface area contributed by atoms with Gasteiger partial charge in [0.2, 0.25) is 0 Å². The van der Waals surface area contributed by atoms with Gasteiger partial charge in [-0.15, -0.1) is 0 Å². The van der Waals surface area contributed by atoms with E-state index < -0.39 is 12.0 Å². The SMILES string of the molecule is C=C(NC(CCN(CCCCc1ccc2c(n1)NCCC2)CCOC(C)C)C(=O)O)N1CCCC1(C)C. The van der Waals surface area contributed by atoms with E-state index in [1.54, 1.807) is 0 Å². The lowest BCUT2D eigenvalue weighted by Gasteiger charge is -2.36. The lowest BCUT2D eigenvalue weighted by atomic mass is 10.0. The number of carboxylic acids is 1. The minimum Gasteiger partial charge on any atom is -0.480 e. The number of hydrogen-bond acceptors (Lipinski definition) is 7. The molecule has 8 nitrogen and oxygen atoms in total. The van der Waals surface area contributed by atoms with Crippen molar-refractivity contribution in [1.82, 2.24) is 20.1 Å². The van der Waals surface area contributed by atoms with E-state index in [1.807, 2.05) is 13.8 Å². The molecular formula is C29H49N5O3. The smallest absolute Gasteiger partial charge is 0.326 e. The van der Waals surface area contributed by atoms with Crippen molar-refractivity contribution in [3.63, 3.8) is 0 Å². The average Bonchev–Trinajstić information content (AvgIpc) is 3.22. The van der Waals surface area contributed by atoms with Gasteiger partial charge in [0.05, 0.1) is 18.5 Å². The molecule has 0 aromatic carbocycles. The molecule has 37 heavy (non-hydrogen) atoms. The van der Waals surface area contributed by atoms with Crippen LogP contribution in [-0.2, 0) is 22.4 Å². The second-order valence-electron chi connectivity index (χ2n) is 11.4. The average molecular weight is 516 g/mol. The summed E-state index contributed by atoms with van der Waals surface area (Å²) in [6.45, 7) is 17.6. The molecule has 0 radical (unpaired) electrons. The molecule has 3 heterocycles. The number of aliphatic carboxylic acids is 1. The van der Waals surface area contributed by atoms with E-state index in [-0.39, 0.29) is 11.6 Å². The van der Waals surface area contributed by atoms with Crippen molar-refractivity contribution in [3.05, 3.63) is 35.8 Å². The Balaban J connectivity index is 1.49. The Hall–Kier alpha value is -2.32. The summed E-state index contributed by atoms with van der Waals surface area (Å²) >= 11 is 0. The Morgan fingerprint density at radius 3 is 2.78 bits per heavy atom. The minimum absolute atomic E-state index is 0.0102. The molecule has 0 amide bonds. The van der Waals surface area contributed by atoms with Crippen molar-refractivity contribution in [3.8, 4) is 0 Å². The van der Waals surface area contributed by atoms with Gasteiger partial charge >= 0.3 is 5.97 Å². The standard InChI is InChI=1S/C29H49N5O3/c1-22(2)37-21-20-33(17-7-6-11-25-13-12-24-10-8-16-30-27(24)32-25)19-14-26(28(35)36)31-23(3)34-18-9-15-29(34,4)5/h12-13,22,26,31H,3,6-11,14-21H2,1-2,4-5H3,(H,30,32)(H,35,36). The van der Waals surface area contributed by atoms with E-state index >= 15 is 0 Å². The Kier molecular flexibility index (Phi) is 11.1. The number of unbranched alkanes of at least 4 members (excludes halogenated alkanes) is 1. The number of hydrogen-bond donors (Lipinski definition) is 3. The van der Waals surface area contributed by atoms with Crippen molar-refractivity contribution in [2.75, 3.05) is 44.6 Å². The van der Waals surface area contributed by atoms with Gasteiger partial charge in [0, 0.05) is 37.4 Å². The highest BCUT2D eigenvalue weighted by molar-refractivity contribution is 5.73. The van der Waals surface area contributed by atoms with Crippen LogP contribution < -0.4 is 10.6 Å². The molecule has 1 aromatic heterocycles. The van der Waals surface area contributed by atoms with Crippen molar-refractivity contribution in [1.29, 1.82) is 0 Å². The van der Waals surface area contributed by atoms with Gasteiger partial charge in [-0.1, -0.05) is 12.6 Å². The van der Waals surface area contributed by atoms with E-state index in [4.69, 9.17) is 9.72 Å². The fourth-order valence-electron chi connectivity index (χ4n) is 5.36. The summed E-state index contributed by atoms with van der Waals surface area (Å²) in [5.74, 6) is 0.947. The fraction of sp³-hybridized carbons (Fsp3) is 0.724. The first-order valence-electron chi connectivity index (χ1n) is 14.2. The van der Waals surface area contributed by atoms with Crippen LogP contribution in [0, 0.1) is 0 Å². The first-order chi connectivity index (χ1) is 17.7. The summed E-state index contributed by atoms with van der Waals surface area (Å²) in [6.07, 6.45) is 8.22. The normalized spacial score (nSPS) is 17.5. The summed E-state index contributed by atoms with van der Waals surface area (Å²) in [6, 6.07) is 3.72. The van der Waals surface area contributed by atoms with Crippen molar-refractivity contribution in [2.45, 2.75) is 96.7 Å². The molecule has 8 heteroatoms. The third-order valence-electron chi connectivity index (χ3n) is 7.57. The number of aryl methyl sites for hydroxylation is 2. The highest BCUT2D eigenvalue weighted by Crippen LogP contribution is 2.30. The van der Waals surface area contributed by atoms with Gasteiger partial charge in [-0.2, -0.15) is 0 Å². The van der Waals surface area contributed by atoms with Crippen molar-refractivity contribution in [2.24, 2.45) is 0 Å². The number of ether oxygens (including phenoxy) is 1. The molecule has 1 fully saturated rings. The van der Waals surface area contributed by atoms with E-state index in [0.717, 1.165) is 82.0 Å². The number of nitrogens with zero attached hydrogens (tertiary/aromatic N) is 3.